The molecule has 3 heteroatoms. The zero-order valence-corrected chi connectivity index (χ0v) is 10.8. The van der Waals surface area contributed by atoms with Gasteiger partial charge in [-0.2, -0.15) is 0 Å². The first-order valence-corrected chi connectivity index (χ1v) is 8.78. The summed E-state index contributed by atoms with van der Waals surface area (Å²) >= 11 is 2.17. The van der Waals surface area contributed by atoms with Crippen LogP contribution >= 0.6 is 0 Å². The van der Waals surface area contributed by atoms with E-state index in [1.165, 1.54) is 0 Å². The number of hydrogen-bond donors (Lipinski definition) is 0. The molecule has 0 fully saturated rings. The Bertz CT molecular complexity index is 260. The van der Waals surface area contributed by atoms with Gasteiger partial charge in [0.25, 0.3) is 0 Å². The second-order valence-electron chi connectivity index (χ2n) is 3.94. The summed E-state index contributed by atoms with van der Waals surface area (Å²) in [6.45, 7) is 6.62. The van der Waals surface area contributed by atoms with Crippen LogP contribution in [0.2, 0.25) is 23.9 Å². The van der Waals surface area contributed by atoms with Crippen LogP contribution in [0.1, 0.15) is 0 Å². The molecule has 0 bridgehead atoms. The first-order valence-electron chi connectivity index (χ1n) is 3.96. The molecule has 0 saturated carbocycles. The van der Waals surface area contributed by atoms with Crippen molar-refractivity contribution in [2.75, 3.05) is 0 Å². The molecule has 0 aromatic heterocycles. The Morgan fingerprint density at radius 1 is 1.42 bits per heavy atom. The van der Waals surface area contributed by atoms with Crippen LogP contribution in [0.25, 0.3) is 0 Å². The molecule has 1 atom stereocenters. The number of rotatable bonds is 1. The maximum absolute atomic E-state index is 11.7. The van der Waals surface area contributed by atoms with Gasteiger partial charge in [0.05, 0.1) is 0 Å². The van der Waals surface area contributed by atoms with Crippen molar-refractivity contribution >= 4 is 13.9 Å². The summed E-state index contributed by atoms with van der Waals surface area (Å²) in [6, 6.07) is 0. The molecule has 1 nitrogen and oxygen atoms in total. The van der Waals surface area contributed by atoms with Gasteiger partial charge in [-0.1, -0.05) is 0 Å². The zero-order chi connectivity index (χ0) is 9.35. The van der Waals surface area contributed by atoms with Gasteiger partial charge in [-0.25, -0.2) is 0 Å². The van der Waals surface area contributed by atoms with Crippen molar-refractivity contribution < 1.29 is 24.6 Å². The van der Waals surface area contributed by atoms with Crippen LogP contribution in [0.3, 0.4) is 0 Å². The minimum atomic E-state index is -1.41. The Labute approximate surface area is 85.8 Å². The molecule has 1 aliphatic carbocycles. The van der Waals surface area contributed by atoms with Gasteiger partial charge in [0.15, 0.2) is 0 Å². The second-order valence-corrected chi connectivity index (χ2v) is 10.4. The minimum absolute atomic E-state index is 0.0664. The van der Waals surface area contributed by atoms with Crippen LogP contribution in [0.5, 0.6) is 0 Å². The van der Waals surface area contributed by atoms with Crippen molar-refractivity contribution in [2.24, 2.45) is 0 Å². The standard InChI is InChI=1S/C9H13OSi.Pt/c1-11(2,3)9-7-5-4-6-8(9)10;/h4-7H,1-3H3;. The molecule has 0 amide bonds. The van der Waals surface area contributed by atoms with Gasteiger partial charge in [-0.3, -0.25) is 0 Å². The van der Waals surface area contributed by atoms with Crippen LogP contribution in [-0.4, -0.2) is 13.9 Å². The molecule has 1 rings (SSSR count). The van der Waals surface area contributed by atoms with E-state index >= 15 is 0 Å². The van der Waals surface area contributed by atoms with Crippen LogP contribution in [0, 0.1) is 0 Å². The molecule has 0 aliphatic heterocycles. The fraction of sp³-hybridized carbons (Fsp3) is 0.444. The Morgan fingerprint density at radius 2 is 2.00 bits per heavy atom. The Balaban J connectivity index is 2.99. The fourth-order valence-corrected chi connectivity index (χ4v) is 3.57. The van der Waals surface area contributed by atoms with E-state index in [1.807, 2.05) is 18.2 Å². The van der Waals surface area contributed by atoms with Crippen molar-refractivity contribution in [3.8, 4) is 0 Å². The predicted molar refractivity (Wildman–Crippen MR) is 49.3 cm³/mol. The molecule has 0 spiro atoms. The molecule has 12 heavy (non-hydrogen) atoms. The molecule has 1 unspecified atom stereocenters. The molecule has 0 heterocycles. The number of hydrogen-bond acceptors (Lipinski definition) is 1. The summed E-state index contributed by atoms with van der Waals surface area (Å²) < 4.78 is 0.0664. The number of ketones is 1. The third kappa shape index (κ3) is 2.05. The number of Topliss-reactive ketones (excluding diaryl/α,β-unsaturated/α-hetero) is 1. The van der Waals surface area contributed by atoms with Gasteiger partial charge in [-0.15, -0.1) is 0 Å². The molecule has 0 radical (unpaired) electrons. The van der Waals surface area contributed by atoms with Crippen molar-refractivity contribution in [3.05, 3.63) is 23.4 Å². The van der Waals surface area contributed by atoms with Gasteiger partial charge in [-0.05, 0) is 0 Å². The Hall–Kier alpha value is 0.0552. The number of carbonyl (C=O) groups excluding carboxylic acids is 1. The summed E-state index contributed by atoms with van der Waals surface area (Å²) in [7, 11) is -1.41. The van der Waals surface area contributed by atoms with E-state index in [0.29, 0.717) is 5.78 Å². The van der Waals surface area contributed by atoms with Crippen LogP contribution in [-0.2, 0) is 24.6 Å². The van der Waals surface area contributed by atoms with Gasteiger partial charge in [0, 0.05) is 0 Å². The summed E-state index contributed by atoms with van der Waals surface area (Å²) in [5.74, 6) is 0.318. The average molecular weight is 360 g/mol. The van der Waals surface area contributed by atoms with Gasteiger partial charge >= 0.3 is 85.8 Å². The Morgan fingerprint density at radius 3 is 2.42 bits per heavy atom. The van der Waals surface area contributed by atoms with E-state index in [4.69, 9.17) is 0 Å². The van der Waals surface area contributed by atoms with Crippen molar-refractivity contribution in [3.63, 3.8) is 0 Å². The van der Waals surface area contributed by atoms with Crippen LogP contribution < -0.4 is 0 Å². The summed E-state index contributed by atoms with van der Waals surface area (Å²) in [5, 5.41) is 1.07. The Kier molecular flexibility index (Phi) is 2.90. The van der Waals surface area contributed by atoms with Crippen LogP contribution in [0.15, 0.2) is 23.4 Å². The van der Waals surface area contributed by atoms with E-state index in [-0.39, 0.29) is 4.31 Å². The first-order chi connectivity index (χ1) is 5.43. The van der Waals surface area contributed by atoms with Crippen molar-refractivity contribution in [1.82, 2.24) is 0 Å². The average Bonchev–Trinajstić information content (AvgIpc) is 1.92. The summed E-state index contributed by atoms with van der Waals surface area (Å²) in [4.78, 5) is 11.7. The number of allylic oxidation sites excluding steroid dienone is 4. The normalized spacial score (nSPS) is 24.2. The zero-order valence-electron chi connectivity index (χ0n) is 7.53. The van der Waals surface area contributed by atoms with Gasteiger partial charge < -0.3 is 0 Å². The number of carbonyl (C=O) groups is 1. The van der Waals surface area contributed by atoms with Gasteiger partial charge in [0.1, 0.15) is 0 Å². The first kappa shape index (κ1) is 10.1. The molecule has 0 aromatic rings. The molecule has 0 N–H and O–H groups in total. The second kappa shape index (κ2) is 3.43. The van der Waals surface area contributed by atoms with E-state index in [1.54, 1.807) is 0 Å². The monoisotopic (exact) mass is 360 g/mol. The molecule has 0 saturated heterocycles. The van der Waals surface area contributed by atoms with E-state index in [0.717, 1.165) is 5.20 Å². The van der Waals surface area contributed by atoms with E-state index in [9.17, 15) is 4.79 Å². The summed E-state index contributed by atoms with van der Waals surface area (Å²) in [6.07, 6.45) is 5.95. The van der Waals surface area contributed by atoms with Crippen molar-refractivity contribution in [2.45, 2.75) is 23.9 Å². The summed E-state index contributed by atoms with van der Waals surface area (Å²) in [5.41, 5.74) is 0. The van der Waals surface area contributed by atoms with Gasteiger partial charge in [0.2, 0.25) is 0 Å². The fourth-order valence-electron chi connectivity index (χ4n) is 1.17. The quantitative estimate of drug-likeness (QED) is 0.656. The van der Waals surface area contributed by atoms with E-state index < -0.39 is 8.07 Å². The molecule has 1 aliphatic rings. The third-order valence-electron chi connectivity index (χ3n) is 1.84. The molecule has 0 aromatic carbocycles. The third-order valence-corrected chi connectivity index (χ3v) is 4.90. The molecular formula is C9H13OPtSi. The topological polar surface area (TPSA) is 17.1 Å². The molecule has 69 valence electrons. The molecular weight excluding hydrogens is 347 g/mol. The van der Waals surface area contributed by atoms with Crippen molar-refractivity contribution in [1.29, 1.82) is 0 Å². The maximum atomic E-state index is 11.7. The van der Waals surface area contributed by atoms with E-state index in [2.05, 4.69) is 39.5 Å². The van der Waals surface area contributed by atoms with Crippen LogP contribution in [0.4, 0.5) is 0 Å². The SMILES string of the molecule is C[Si](C)(C)C1=CC=C[CH]([Pt])C1=O. The predicted octanol–water partition coefficient (Wildman–Crippen LogP) is 2.26.